The van der Waals surface area contributed by atoms with Crippen molar-refractivity contribution in [2.45, 2.75) is 26.8 Å². The molecule has 2 aromatic rings. The van der Waals surface area contributed by atoms with E-state index in [1.54, 1.807) is 0 Å². The van der Waals surface area contributed by atoms with Crippen molar-refractivity contribution < 1.29 is 9.53 Å². The molecule has 3 N–H and O–H groups in total. The number of aryl methyl sites for hydroxylation is 2. The molecule has 1 aromatic carbocycles. The SMILES string of the molecule is Cc1cc(C)c(CNC(=O)NCCCOc2ccccc2)c(=O)[nH]1. The van der Waals surface area contributed by atoms with Crippen molar-refractivity contribution in [2.24, 2.45) is 0 Å². The van der Waals surface area contributed by atoms with Gasteiger partial charge in [-0.15, -0.1) is 0 Å². The molecule has 6 nitrogen and oxygen atoms in total. The summed E-state index contributed by atoms with van der Waals surface area (Å²) in [5.74, 6) is 0.816. The number of aromatic amines is 1. The summed E-state index contributed by atoms with van der Waals surface area (Å²) in [5, 5.41) is 5.45. The first kappa shape index (κ1) is 17.6. The maximum absolute atomic E-state index is 11.9. The summed E-state index contributed by atoms with van der Waals surface area (Å²) in [5.41, 5.74) is 2.09. The quantitative estimate of drug-likeness (QED) is 0.681. The van der Waals surface area contributed by atoms with Gasteiger partial charge in [-0.25, -0.2) is 4.79 Å². The van der Waals surface area contributed by atoms with Crippen LogP contribution in [0.4, 0.5) is 4.79 Å². The second kappa shape index (κ2) is 8.76. The van der Waals surface area contributed by atoms with E-state index in [1.165, 1.54) is 0 Å². The van der Waals surface area contributed by atoms with Gasteiger partial charge in [0.25, 0.3) is 5.56 Å². The summed E-state index contributed by atoms with van der Waals surface area (Å²) in [6.07, 6.45) is 0.701. The fourth-order valence-electron chi connectivity index (χ4n) is 2.31. The summed E-state index contributed by atoms with van der Waals surface area (Å²) >= 11 is 0. The van der Waals surface area contributed by atoms with E-state index in [4.69, 9.17) is 4.74 Å². The average Bonchev–Trinajstić information content (AvgIpc) is 2.54. The molecule has 0 aliphatic rings. The molecule has 0 aliphatic heterocycles. The first-order valence-electron chi connectivity index (χ1n) is 7.95. The number of carbonyl (C=O) groups excluding carboxylic acids is 1. The molecule has 2 rings (SSSR count). The van der Waals surface area contributed by atoms with Gasteiger partial charge in [0, 0.05) is 17.8 Å². The van der Waals surface area contributed by atoms with Gasteiger partial charge in [0.1, 0.15) is 5.75 Å². The van der Waals surface area contributed by atoms with Crippen LogP contribution in [-0.2, 0) is 6.54 Å². The van der Waals surface area contributed by atoms with E-state index in [0.717, 1.165) is 17.0 Å². The first-order chi connectivity index (χ1) is 11.6. The lowest BCUT2D eigenvalue weighted by atomic mass is 10.1. The van der Waals surface area contributed by atoms with Crippen LogP contribution in [-0.4, -0.2) is 24.2 Å². The molecule has 0 radical (unpaired) electrons. The molecule has 24 heavy (non-hydrogen) atoms. The Bertz CT molecular complexity index is 726. The predicted octanol–water partition coefficient (Wildman–Crippen LogP) is 2.26. The number of rotatable bonds is 7. The van der Waals surface area contributed by atoms with E-state index in [0.29, 0.717) is 25.1 Å². The Morgan fingerprint density at radius 2 is 1.92 bits per heavy atom. The average molecular weight is 329 g/mol. The van der Waals surface area contributed by atoms with Crippen molar-refractivity contribution in [1.82, 2.24) is 15.6 Å². The number of hydrogen-bond acceptors (Lipinski definition) is 3. The number of para-hydroxylation sites is 1. The molecule has 0 saturated heterocycles. The summed E-state index contributed by atoms with van der Waals surface area (Å²) in [4.78, 5) is 26.4. The highest BCUT2D eigenvalue weighted by Crippen LogP contribution is 2.08. The minimum Gasteiger partial charge on any atom is -0.494 e. The maximum atomic E-state index is 11.9. The van der Waals surface area contributed by atoms with Crippen LogP contribution >= 0.6 is 0 Å². The number of ether oxygens (including phenoxy) is 1. The summed E-state index contributed by atoms with van der Waals surface area (Å²) < 4.78 is 5.54. The van der Waals surface area contributed by atoms with Crippen molar-refractivity contribution >= 4 is 6.03 Å². The van der Waals surface area contributed by atoms with E-state index in [2.05, 4.69) is 15.6 Å². The van der Waals surface area contributed by atoms with Gasteiger partial charge in [-0.2, -0.15) is 0 Å². The number of amides is 2. The molecule has 0 bridgehead atoms. The molecule has 0 fully saturated rings. The zero-order valence-corrected chi connectivity index (χ0v) is 14.0. The summed E-state index contributed by atoms with van der Waals surface area (Å²) in [7, 11) is 0. The van der Waals surface area contributed by atoms with Crippen LogP contribution in [0.15, 0.2) is 41.2 Å². The first-order valence-corrected chi connectivity index (χ1v) is 7.95. The van der Waals surface area contributed by atoms with Gasteiger partial charge < -0.3 is 20.4 Å². The van der Waals surface area contributed by atoms with Crippen LogP contribution in [0, 0.1) is 13.8 Å². The molecule has 0 aliphatic carbocycles. The van der Waals surface area contributed by atoms with Crippen molar-refractivity contribution in [1.29, 1.82) is 0 Å². The number of urea groups is 1. The van der Waals surface area contributed by atoms with Gasteiger partial charge in [-0.05, 0) is 44.0 Å². The van der Waals surface area contributed by atoms with E-state index in [-0.39, 0.29) is 18.1 Å². The molecule has 6 heteroatoms. The standard InChI is InChI=1S/C18H23N3O3/c1-13-11-14(2)21-17(22)16(13)12-20-18(23)19-9-6-10-24-15-7-4-3-5-8-15/h3-5,7-8,11H,6,9-10,12H2,1-2H3,(H,21,22)(H2,19,20,23). The monoisotopic (exact) mass is 329 g/mol. The molecule has 0 unspecified atom stereocenters. The summed E-state index contributed by atoms with van der Waals surface area (Å²) in [6, 6.07) is 11.1. The third-order valence-electron chi connectivity index (χ3n) is 3.54. The topological polar surface area (TPSA) is 83.2 Å². The smallest absolute Gasteiger partial charge is 0.315 e. The fourth-order valence-corrected chi connectivity index (χ4v) is 2.31. The third kappa shape index (κ3) is 5.46. The highest BCUT2D eigenvalue weighted by Gasteiger charge is 2.07. The minimum atomic E-state index is -0.297. The summed E-state index contributed by atoms with van der Waals surface area (Å²) in [6.45, 7) is 4.92. The zero-order valence-electron chi connectivity index (χ0n) is 14.0. The van der Waals surface area contributed by atoms with E-state index >= 15 is 0 Å². The third-order valence-corrected chi connectivity index (χ3v) is 3.54. The van der Waals surface area contributed by atoms with Crippen LogP contribution in [0.1, 0.15) is 23.2 Å². The van der Waals surface area contributed by atoms with Crippen LogP contribution in [0.2, 0.25) is 0 Å². The van der Waals surface area contributed by atoms with Crippen LogP contribution in [0.3, 0.4) is 0 Å². The Balaban J connectivity index is 1.66. The molecule has 1 aromatic heterocycles. The van der Waals surface area contributed by atoms with E-state index in [1.807, 2.05) is 50.2 Å². The highest BCUT2D eigenvalue weighted by molar-refractivity contribution is 5.73. The van der Waals surface area contributed by atoms with Gasteiger partial charge in [0.2, 0.25) is 0 Å². The van der Waals surface area contributed by atoms with Crippen LogP contribution in [0.25, 0.3) is 0 Å². The predicted molar refractivity (Wildman–Crippen MR) is 93.3 cm³/mol. The fraction of sp³-hybridized carbons (Fsp3) is 0.333. The highest BCUT2D eigenvalue weighted by atomic mass is 16.5. The van der Waals surface area contributed by atoms with Gasteiger partial charge in [0.15, 0.2) is 0 Å². The van der Waals surface area contributed by atoms with Gasteiger partial charge in [-0.3, -0.25) is 4.79 Å². The normalized spacial score (nSPS) is 10.2. The molecule has 0 saturated carbocycles. The van der Waals surface area contributed by atoms with Crippen molar-refractivity contribution in [3.05, 3.63) is 63.6 Å². The maximum Gasteiger partial charge on any atom is 0.315 e. The lowest BCUT2D eigenvalue weighted by molar-refractivity contribution is 0.238. The number of hydrogen-bond donors (Lipinski definition) is 3. The lowest BCUT2D eigenvalue weighted by Crippen LogP contribution is -2.37. The second-order valence-corrected chi connectivity index (χ2v) is 5.57. The van der Waals surface area contributed by atoms with Crippen molar-refractivity contribution in [3.8, 4) is 5.75 Å². The Kier molecular flexibility index (Phi) is 6.42. The Morgan fingerprint density at radius 1 is 1.17 bits per heavy atom. The molecule has 1 heterocycles. The largest absolute Gasteiger partial charge is 0.494 e. The van der Waals surface area contributed by atoms with Gasteiger partial charge in [0.05, 0.1) is 13.2 Å². The minimum absolute atomic E-state index is 0.163. The van der Waals surface area contributed by atoms with Crippen LogP contribution < -0.4 is 20.9 Å². The lowest BCUT2D eigenvalue weighted by Gasteiger charge is -2.10. The van der Waals surface area contributed by atoms with E-state index in [9.17, 15) is 9.59 Å². The molecule has 0 spiro atoms. The van der Waals surface area contributed by atoms with Crippen molar-refractivity contribution in [2.75, 3.05) is 13.2 Å². The molecule has 128 valence electrons. The number of pyridine rings is 1. The Labute approximate surface area is 141 Å². The van der Waals surface area contributed by atoms with Gasteiger partial charge >= 0.3 is 6.03 Å². The molecule has 0 atom stereocenters. The number of H-pyrrole nitrogens is 1. The molecular weight excluding hydrogens is 306 g/mol. The van der Waals surface area contributed by atoms with E-state index < -0.39 is 0 Å². The Morgan fingerprint density at radius 3 is 2.62 bits per heavy atom. The van der Waals surface area contributed by atoms with Gasteiger partial charge in [-0.1, -0.05) is 18.2 Å². The number of nitrogens with one attached hydrogen (secondary N) is 3. The number of aromatic nitrogens is 1. The van der Waals surface area contributed by atoms with Crippen LogP contribution in [0.5, 0.6) is 5.75 Å². The second-order valence-electron chi connectivity index (χ2n) is 5.57. The molecular formula is C18H23N3O3. The number of benzene rings is 1. The Hall–Kier alpha value is -2.76. The number of carbonyl (C=O) groups is 1. The van der Waals surface area contributed by atoms with Crippen molar-refractivity contribution in [3.63, 3.8) is 0 Å². The molecule has 2 amide bonds. The zero-order chi connectivity index (χ0) is 17.4.